The molecule has 1 saturated carbocycles. The molecule has 2 aliphatic carbocycles. The highest BCUT2D eigenvalue weighted by Gasteiger charge is 2.65. The molecule has 2 N–H and O–H groups in total. The van der Waals surface area contributed by atoms with E-state index in [1.54, 1.807) is 18.5 Å². The third-order valence-corrected chi connectivity index (χ3v) is 8.27. The van der Waals surface area contributed by atoms with Gasteiger partial charge >= 0.3 is 0 Å². The smallest absolute Gasteiger partial charge is 0.248 e. The maximum absolute atomic E-state index is 14.5. The summed E-state index contributed by atoms with van der Waals surface area (Å²) in [4.78, 5) is 25.4. The van der Waals surface area contributed by atoms with Crippen LogP contribution < -0.4 is 5.32 Å². The number of halogens is 2. The summed E-state index contributed by atoms with van der Waals surface area (Å²) >= 11 is 0. The van der Waals surface area contributed by atoms with Crippen molar-refractivity contribution in [2.75, 3.05) is 0 Å². The first-order chi connectivity index (χ1) is 18.6. The number of carbonyl (C=O) groups is 1. The zero-order valence-electron chi connectivity index (χ0n) is 21.6. The van der Waals surface area contributed by atoms with Gasteiger partial charge in [-0.05, 0) is 54.9 Å². The number of carbonyl (C=O) groups excluding carboxylic acids is 1. The van der Waals surface area contributed by atoms with E-state index in [2.05, 4.69) is 39.3 Å². The summed E-state index contributed by atoms with van der Waals surface area (Å²) in [7, 11) is 0. The summed E-state index contributed by atoms with van der Waals surface area (Å²) in [6.07, 6.45) is 5.16. The van der Waals surface area contributed by atoms with Gasteiger partial charge in [0.2, 0.25) is 11.8 Å². The fraction of sp³-hybridized carbons (Fsp3) is 0.357. The van der Waals surface area contributed by atoms with Gasteiger partial charge in [-0.15, -0.1) is 5.10 Å². The van der Waals surface area contributed by atoms with Gasteiger partial charge in [0.25, 0.3) is 0 Å². The highest BCUT2D eigenvalue weighted by molar-refractivity contribution is 5.79. The fourth-order valence-electron chi connectivity index (χ4n) is 6.26. The van der Waals surface area contributed by atoms with Gasteiger partial charge in [0, 0.05) is 6.20 Å². The number of aromatic nitrogens is 5. The molecular weight excluding hydrogens is 506 g/mol. The molecule has 0 spiro atoms. The van der Waals surface area contributed by atoms with Gasteiger partial charge in [0.1, 0.15) is 29.7 Å². The molecule has 0 unspecified atom stereocenters. The molecule has 39 heavy (non-hydrogen) atoms. The van der Waals surface area contributed by atoms with Crippen molar-refractivity contribution in [2.45, 2.75) is 57.6 Å². The van der Waals surface area contributed by atoms with Gasteiger partial charge in [-0.1, -0.05) is 19.9 Å². The van der Waals surface area contributed by atoms with Crippen molar-refractivity contribution in [1.29, 1.82) is 0 Å². The summed E-state index contributed by atoms with van der Waals surface area (Å²) in [5.74, 6) is -1.55. The van der Waals surface area contributed by atoms with Crippen molar-refractivity contribution in [3.63, 3.8) is 0 Å². The molecule has 4 aromatic rings. The van der Waals surface area contributed by atoms with E-state index in [0.29, 0.717) is 17.1 Å². The number of fused-ring (bicyclic) bond motifs is 5. The molecule has 200 valence electrons. The lowest BCUT2D eigenvalue weighted by Crippen LogP contribution is -2.38. The van der Waals surface area contributed by atoms with E-state index in [4.69, 9.17) is 9.40 Å². The second-order valence-electron chi connectivity index (χ2n) is 10.7. The van der Waals surface area contributed by atoms with Crippen molar-refractivity contribution >= 4 is 5.91 Å². The van der Waals surface area contributed by atoms with Crippen LogP contribution in [-0.4, -0.2) is 42.3 Å². The minimum atomic E-state index is -1.13. The SMILES string of the molecule is C[C@@H](O)C(=O)NCc1coc(-c2cncc([C@@]34CC[C@@H](c5cc(-c6c(F)cccc6F)nnc53)C4(C)C)n2)n1. The zero-order chi connectivity index (χ0) is 27.5. The van der Waals surface area contributed by atoms with Crippen LogP contribution in [0.3, 0.4) is 0 Å². The number of benzene rings is 1. The largest absolute Gasteiger partial charge is 0.443 e. The van der Waals surface area contributed by atoms with Crippen molar-refractivity contribution < 1.29 is 23.1 Å². The van der Waals surface area contributed by atoms with Crippen molar-refractivity contribution in [3.05, 3.63) is 77.2 Å². The number of aliphatic hydroxyl groups is 1. The fourth-order valence-corrected chi connectivity index (χ4v) is 6.26. The lowest BCUT2D eigenvalue weighted by Gasteiger charge is -2.37. The first kappa shape index (κ1) is 25.2. The average Bonchev–Trinajstić information content (AvgIpc) is 3.55. The summed E-state index contributed by atoms with van der Waals surface area (Å²) in [6.45, 7) is 5.77. The Hall–Kier alpha value is -4.12. The van der Waals surface area contributed by atoms with E-state index in [1.165, 1.54) is 31.4 Å². The van der Waals surface area contributed by atoms with E-state index in [0.717, 1.165) is 24.1 Å². The number of nitrogens with zero attached hydrogens (tertiary/aromatic N) is 5. The Labute approximate surface area is 222 Å². The van der Waals surface area contributed by atoms with Crippen LogP contribution in [0.4, 0.5) is 8.78 Å². The van der Waals surface area contributed by atoms with Crippen LogP contribution in [0.15, 0.2) is 47.3 Å². The number of nitrogens with one attached hydrogen (secondary N) is 1. The second-order valence-corrected chi connectivity index (χ2v) is 10.7. The summed E-state index contributed by atoms with van der Waals surface area (Å²) in [5, 5.41) is 20.8. The Kier molecular flexibility index (Phi) is 5.79. The topological polar surface area (TPSA) is 127 Å². The maximum Gasteiger partial charge on any atom is 0.248 e. The molecule has 6 rings (SSSR count). The Morgan fingerprint density at radius 1 is 1.18 bits per heavy atom. The van der Waals surface area contributed by atoms with Crippen LogP contribution in [0.1, 0.15) is 62.2 Å². The number of oxazole rings is 1. The van der Waals surface area contributed by atoms with Crippen molar-refractivity contribution in [3.8, 4) is 22.8 Å². The number of rotatable bonds is 6. The van der Waals surface area contributed by atoms with E-state index in [1.807, 2.05) is 0 Å². The quantitative estimate of drug-likeness (QED) is 0.381. The molecule has 3 heterocycles. The number of hydrogen-bond acceptors (Lipinski definition) is 8. The summed E-state index contributed by atoms with van der Waals surface area (Å²) in [6, 6.07) is 5.50. The number of hydrogen-bond donors (Lipinski definition) is 2. The van der Waals surface area contributed by atoms with Gasteiger partial charge in [-0.2, -0.15) is 5.10 Å². The zero-order valence-corrected chi connectivity index (χ0v) is 21.6. The molecule has 9 nitrogen and oxygen atoms in total. The molecular formula is C28H26F2N6O3. The Morgan fingerprint density at radius 2 is 1.95 bits per heavy atom. The van der Waals surface area contributed by atoms with Crippen LogP contribution >= 0.6 is 0 Å². The lowest BCUT2D eigenvalue weighted by molar-refractivity contribution is -0.128. The van der Waals surface area contributed by atoms with Gasteiger partial charge in [0.05, 0.1) is 46.5 Å². The van der Waals surface area contributed by atoms with Gasteiger partial charge < -0.3 is 14.8 Å². The number of aliphatic hydroxyl groups excluding tert-OH is 1. The molecule has 2 bridgehead atoms. The molecule has 0 aliphatic heterocycles. The van der Waals surface area contributed by atoms with E-state index >= 15 is 0 Å². The molecule has 2 aliphatic rings. The van der Waals surface area contributed by atoms with Crippen LogP contribution in [0.5, 0.6) is 0 Å². The molecule has 1 aromatic carbocycles. The van der Waals surface area contributed by atoms with E-state index in [-0.39, 0.29) is 35.0 Å². The third kappa shape index (κ3) is 3.75. The van der Waals surface area contributed by atoms with Crippen LogP contribution in [-0.2, 0) is 16.8 Å². The molecule has 0 saturated heterocycles. The highest BCUT2D eigenvalue weighted by Crippen LogP contribution is 2.69. The van der Waals surface area contributed by atoms with Gasteiger partial charge in [-0.3, -0.25) is 9.78 Å². The molecule has 3 aromatic heterocycles. The van der Waals surface area contributed by atoms with Crippen molar-refractivity contribution in [2.24, 2.45) is 5.41 Å². The summed E-state index contributed by atoms with van der Waals surface area (Å²) < 4.78 is 34.7. The monoisotopic (exact) mass is 532 g/mol. The standard InChI is InChI=1S/C28H26F2N6O3/c1-14(37)25(38)32-10-15-13-39-26(33-15)21-11-31-12-22(34-21)28-8-7-17(27(28,2)3)16-9-20(35-36-24(16)28)23-18(29)5-4-6-19(23)30/h4-6,9,11-14,17,37H,7-8,10H2,1-3H3,(H,32,38)/t14-,17+,28+/m1/s1. The molecule has 1 amide bonds. The Balaban J connectivity index is 1.38. The Bertz CT molecular complexity index is 1580. The van der Waals surface area contributed by atoms with Gasteiger partial charge in [0.15, 0.2) is 0 Å². The predicted octanol–water partition coefficient (Wildman–Crippen LogP) is 4.07. The molecule has 3 atom stereocenters. The van der Waals surface area contributed by atoms with Crippen LogP contribution in [0.25, 0.3) is 22.8 Å². The Morgan fingerprint density at radius 3 is 2.69 bits per heavy atom. The third-order valence-electron chi connectivity index (χ3n) is 8.27. The van der Waals surface area contributed by atoms with Crippen LogP contribution in [0, 0.1) is 17.0 Å². The van der Waals surface area contributed by atoms with Crippen LogP contribution in [0.2, 0.25) is 0 Å². The minimum Gasteiger partial charge on any atom is -0.443 e. The average molecular weight is 533 g/mol. The summed E-state index contributed by atoms with van der Waals surface area (Å²) in [5.41, 5.74) is 2.27. The van der Waals surface area contributed by atoms with Gasteiger partial charge in [-0.25, -0.2) is 18.7 Å². The van der Waals surface area contributed by atoms with E-state index < -0.39 is 29.1 Å². The van der Waals surface area contributed by atoms with Crippen molar-refractivity contribution in [1.82, 2.24) is 30.5 Å². The maximum atomic E-state index is 14.5. The first-order valence-corrected chi connectivity index (χ1v) is 12.7. The second kappa shape index (κ2) is 8.98. The minimum absolute atomic E-state index is 0.0902. The number of amides is 1. The molecule has 0 radical (unpaired) electrons. The molecule has 11 heteroatoms. The van der Waals surface area contributed by atoms with E-state index in [9.17, 15) is 18.7 Å². The first-order valence-electron chi connectivity index (χ1n) is 12.7. The molecule has 1 fully saturated rings. The highest BCUT2D eigenvalue weighted by atomic mass is 19.1. The normalized spacial score (nSPS) is 21.5. The predicted molar refractivity (Wildman–Crippen MR) is 135 cm³/mol. The lowest BCUT2D eigenvalue weighted by atomic mass is 9.66.